The number of carbonyl (C=O) groups is 1. The fraction of sp³-hybridized carbons (Fsp3) is 0.238. The minimum atomic E-state index is -4.56. The van der Waals surface area contributed by atoms with E-state index >= 15 is 0 Å². The Kier molecular flexibility index (Phi) is 4.89. The summed E-state index contributed by atoms with van der Waals surface area (Å²) in [7, 11) is 0. The number of nitrogens with zero attached hydrogens (tertiary/aromatic N) is 2. The van der Waals surface area contributed by atoms with E-state index in [2.05, 4.69) is 10.4 Å². The van der Waals surface area contributed by atoms with E-state index in [-0.39, 0.29) is 11.4 Å². The lowest BCUT2D eigenvalue weighted by Gasteiger charge is -2.22. The maximum atomic E-state index is 13.5. The molecule has 9 heteroatoms. The van der Waals surface area contributed by atoms with E-state index in [1.165, 1.54) is 29.1 Å². The minimum Gasteiger partial charge on any atom is -0.486 e. The first-order valence-corrected chi connectivity index (χ1v) is 9.19. The maximum Gasteiger partial charge on any atom is 0.417 e. The van der Waals surface area contributed by atoms with Crippen molar-refractivity contribution < 1.29 is 27.4 Å². The predicted molar refractivity (Wildman–Crippen MR) is 103 cm³/mol. The van der Waals surface area contributed by atoms with Crippen molar-refractivity contribution in [3.63, 3.8) is 0 Å². The number of rotatable bonds is 3. The zero-order valence-electron chi connectivity index (χ0n) is 16.2. The molecular weight excluding hydrogens is 399 g/mol. The fourth-order valence-corrected chi connectivity index (χ4v) is 3.36. The van der Waals surface area contributed by atoms with Crippen LogP contribution in [0.15, 0.2) is 42.6 Å². The number of aromatic nitrogens is 2. The molecule has 156 valence electrons. The van der Waals surface area contributed by atoms with Crippen molar-refractivity contribution >= 4 is 5.91 Å². The Bertz CT molecular complexity index is 1120. The third-order valence-electron chi connectivity index (χ3n) is 4.83. The molecule has 3 aromatic rings. The lowest BCUT2D eigenvalue weighted by Crippen LogP contribution is -2.26. The summed E-state index contributed by atoms with van der Waals surface area (Å²) in [6.45, 7) is 4.17. The van der Waals surface area contributed by atoms with Gasteiger partial charge >= 0.3 is 6.18 Å². The number of benzene rings is 2. The molecule has 4 rings (SSSR count). The number of alkyl halides is 3. The van der Waals surface area contributed by atoms with Crippen LogP contribution in [-0.2, 0) is 6.18 Å². The lowest BCUT2D eigenvalue weighted by atomic mass is 10.1. The Morgan fingerprint density at radius 3 is 2.60 bits per heavy atom. The SMILES string of the molecule is Cc1c(C(=O)Nn2c(C)cnc2-c2ccccc2C(F)(F)F)ccc2c1OCCO2. The predicted octanol–water partition coefficient (Wildman–Crippen LogP) is 4.34. The van der Waals surface area contributed by atoms with Crippen molar-refractivity contribution in [2.24, 2.45) is 0 Å². The second kappa shape index (κ2) is 7.40. The van der Waals surface area contributed by atoms with Crippen molar-refractivity contribution in [2.45, 2.75) is 20.0 Å². The molecule has 1 aromatic heterocycles. The quantitative estimate of drug-likeness (QED) is 0.689. The highest BCUT2D eigenvalue weighted by molar-refractivity contribution is 6.02. The van der Waals surface area contributed by atoms with Gasteiger partial charge in [-0.3, -0.25) is 10.2 Å². The van der Waals surface area contributed by atoms with Crippen LogP contribution in [0.5, 0.6) is 11.5 Å². The van der Waals surface area contributed by atoms with Gasteiger partial charge in [0.25, 0.3) is 5.91 Å². The molecule has 0 fully saturated rings. The Balaban J connectivity index is 1.72. The molecule has 2 aromatic carbocycles. The molecule has 0 atom stereocenters. The molecule has 0 saturated carbocycles. The molecule has 0 radical (unpaired) electrons. The summed E-state index contributed by atoms with van der Waals surface area (Å²) in [4.78, 5) is 17.1. The first-order valence-electron chi connectivity index (χ1n) is 9.19. The smallest absolute Gasteiger partial charge is 0.417 e. The van der Waals surface area contributed by atoms with Crippen molar-refractivity contribution in [3.8, 4) is 22.9 Å². The highest BCUT2D eigenvalue weighted by Gasteiger charge is 2.34. The molecule has 0 saturated heterocycles. The van der Waals surface area contributed by atoms with Crippen LogP contribution < -0.4 is 14.9 Å². The van der Waals surface area contributed by atoms with E-state index in [1.54, 1.807) is 26.0 Å². The van der Waals surface area contributed by atoms with Crippen LogP contribution in [0.25, 0.3) is 11.4 Å². The Hall–Kier alpha value is -3.49. The van der Waals surface area contributed by atoms with E-state index in [4.69, 9.17) is 9.47 Å². The second-order valence-corrected chi connectivity index (χ2v) is 6.81. The number of hydrogen-bond acceptors (Lipinski definition) is 4. The molecule has 2 heterocycles. The van der Waals surface area contributed by atoms with Gasteiger partial charge < -0.3 is 9.47 Å². The van der Waals surface area contributed by atoms with Crippen LogP contribution >= 0.6 is 0 Å². The van der Waals surface area contributed by atoms with Gasteiger partial charge in [0.1, 0.15) is 13.2 Å². The average Bonchev–Trinajstić information content (AvgIpc) is 3.08. The third kappa shape index (κ3) is 3.47. The molecule has 1 amide bonds. The lowest BCUT2D eigenvalue weighted by molar-refractivity contribution is -0.137. The van der Waals surface area contributed by atoms with Gasteiger partial charge in [-0.1, -0.05) is 18.2 Å². The van der Waals surface area contributed by atoms with Gasteiger partial charge in [0.2, 0.25) is 0 Å². The van der Waals surface area contributed by atoms with Crippen LogP contribution in [0.1, 0.15) is 27.2 Å². The topological polar surface area (TPSA) is 65.4 Å². The molecule has 0 unspecified atom stereocenters. The number of hydrogen-bond donors (Lipinski definition) is 1. The van der Waals surface area contributed by atoms with Gasteiger partial charge in [0, 0.05) is 16.7 Å². The second-order valence-electron chi connectivity index (χ2n) is 6.81. The van der Waals surface area contributed by atoms with Gasteiger partial charge in [-0.25, -0.2) is 9.66 Å². The first-order chi connectivity index (χ1) is 14.3. The van der Waals surface area contributed by atoms with Gasteiger partial charge in [-0.2, -0.15) is 13.2 Å². The molecule has 0 bridgehead atoms. The first kappa shape index (κ1) is 19.8. The highest BCUT2D eigenvalue weighted by Crippen LogP contribution is 2.37. The number of halogens is 3. The van der Waals surface area contributed by atoms with Gasteiger partial charge in [-0.15, -0.1) is 0 Å². The zero-order valence-corrected chi connectivity index (χ0v) is 16.2. The van der Waals surface area contributed by atoms with Crippen LogP contribution in [0.4, 0.5) is 13.2 Å². The molecule has 0 aliphatic carbocycles. The van der Waals surface area contributed by atoms with E-state index in [1.807, 2.05) is 0 Å². The molecule has 6 nitrogen and oxygen atoms in total. The number of ether oxygens (including phenoxy) is 2. The van der Waals surface area contributed by atoms with Crippen LogP contribution in [0.3, 0.4) is 0 Å². The Labute approximate surface area is 170 Å². The molecule has 1 aliphatic rings. The minimum absolute atomic E-state index is 0.0102. The van der Waals surface area contributed by atoms with Gasteiger partial charge in [-0.05, 0) is 32.0 Å². The summed E-state index contributed by atoms with van der Waals surface area (Å²) in [6.07, 6.45) is -3.16. The number of nitrogens with one attached hydrogen (secondary N) is 1. The molecule has 0 spiro atoms. The average molecular weight is 417 g/mol. The maximum absolute atomic E-state index is 13.5. The largest absolute Gasteiger partial charge is 0.486 e. The number of fused-ring (bicyclic) bond motifs is 1. The third-order valence-corrected chi connectivity index (χ3v) is 4.83. The van der Waals surface area contributed by atoms with Crippen LogP contribution in [0, 0.1) is 13.8 Å². The summed E-state index contributed by atoms with van der Waals surface area (Å²) >= 11 is 0. The molecule has 1 N–H and O–H groups in total. The van der Waals surface area contributed by atoms with Crippen LogP contribution in [0.2, 0.25) is 0 Å². The van der Waals surface area contributed by atoms with Gasteiger partial charge in [0.05, 0.1) is 17.5 Å². The van der Waals surface area contributed by atoms with E-state index < -0.39 is 17.6 Å². The summed E-state index contributed by atoms with van der Waals surface area (Å²) in [5, 5.41) is 0. The standard InChI is InChI=1S/C21H18F3N3O3/c1-12-11-25-19(15-5-3-4-6-16(15)21(22,23)24)27(12)26-20(28)14-7-8-17-18(13(14)2)30-10-9-29-17/h3-8,11H,9-10H2,1-2H3,(H,26,28). The van der Waals surface area contributed by atoms with Crippen molar-refractivity contribution in [3.05, 3.63) is 65.0 Å². The molecule has 1 aliphatic heterocycles. The van der Waals surface area contributed by atoms with E-state index in [0.717, 1.165) is 6.07 Å². The van der Waals surface area contributed by atoms with Crippen molar-refractivity contribution in [1.82, 2.24) is 9.66 Å². The summed E-state index contributed by atoms with van der Waals surface area (Å²) in [5.41, 5.74) is 3.07. The summed E-state index contributed by atoms with van der Waals surface area (Å²) in [6, 6.07) is 8.33. The normalized spacial score (nSPS) is 13.2. The number of amides is 1. The van der Waals surface area contributed by atoms with Crippen molar-refractivity contribution in [1.29, 1.82) is 0 Å². The monoisotopic (exact) mass is 417 g/mol. The van der Waals surface area contributed by atoms with E-state index in [0.29, 0.717) is 41.5 Å². The number of carbonyl (C=O) groups excluding carboxylic acids is 1. The molecule has 30 heavy (non-hydrogen) atoms. The zero-order chi connectivity index (χ0) is 21.5. The molecular formula is C21H18F3N3O3. The van der Waals surface area contributed by atoms with Crippen molar-refractivity contribution in [2.75, 3.05) is 18.6 Å². The highest BCUT2D eigenvalue weighted by atomic mass is 19.4. The number of aryl methyl sites for hydroxylation is 1. The van der Waals surface area contributed by atoms with E-state index in [9.17, 15) is 18.0 Å². The Morgan fingerprint density at radius 2 is 1.83 bits per heavy atom. The summed E-state index contributed by atoms with van der Waals surface area (Å²) in [5.74, 6) is 0.521. The Morgan fingerprint density at radius 1 is 1.10 bits per heavy atom. The summed E-state index contributed by atoms with van der Waals surface area (Å²) < 4.78 is 52.8. The number of imidazole rings is 1. The van der Waals surface area contributed by atoms with Crippen LogP contribution in [-0.4, -0.2) is 28.8 Å². The fourth-order valence-electron chi connectivity index (χ4n) is 3.36. The van der Waals surface area contributed by atoms with Gasteiger partial charge in [0.15, 0.2) is 17.3 Å².